The SMILES string of the molecule is CC(=O)c1cccc(Nc2ccnc(C(=O)Nc3cccc(Cl)c3C)c2)c1. The van der Waals surface area contributed by atoms with Crippen LogP contribution in [0.3, 0.4) is 0 Å². The van der Waals surface area contributed by atoms with E-state index in [0.717, 1.165) is 11.3 Å². The number of hydrogen-bond donors (Lipinski definition) is 2. The molecule has 1 heterocycles. The normalized spacial score (nSPS) is 10.3. The second-order valence-electron chi connectivity index (χ2n) is 6.06. The molecule has 2 aromatic carbocycles. The summed E-state index contributed by atoms with van der Waals surface area (Å²) in [5.41, 5.74) is 3.76. The summed E-state index contributed by atoms with van der Waals surface area (Å²) in [7, 11) is 0. The number of rotatable bonds is 5. The molecule has 0 bridgehead atoms. The number of Topliss-reactive ketones (excluding diaryl/α,β-unsaturated/α-hetero) is 1. The monoisotopic (exact) mass is 379 g/mol. The van der Waals surface area contributed by atoms with E-state index in [1.807, 2.05) is 13.0 Å². The Morgan fingerprint density at radius 1 is 1.00 bits per heavy atom. The van der Waals surface area contributed by atoms with Crippen molar-refractivity contribution < 1.29 is 9.59 Å². The minimum Gasteiger partial charge on any atom is -0.355 e. The van der Waals surface area contributed by atoms with Crippen molar-refractivity contribution in [2.24, 2.45) is 0 Å². The minimum absolute atomic E-state index is 0.00895. The fourth-order valence-corrected chi connectivity index (χ4v) is 2.72. The van der Waals surface area contributed by atoms with Gasteiger partial charge in [-0.3, -0.25) is 14.6 Å². The van der Waals surface area contributed by atoms with Gasteiger partial charge < -0.3 is 10.6 Å². The lowest BCUT2D eigenvalue weighted by molar-refractivity contribution is 0.101. The number of aromatic nitrogens is 1. The molecular weight excluding hydrogens is 362 g/mol. The first-order valence-corrected chi connectivity index (χ1v) is 8.72. The van der Waals surface area contributed by atoms with Gasteiger partial charge in [0.15, 0.2) is 5.78 Å². The van der Waals surface area contributed by atoms with Gasteiger partial charge in [0.1, 0.15) is 5.69 Å². The van der Waals surface area contributed by atoms with E-state index in [1.54, 1.807) is 54.7 Å². The average Bonchev–Trinajstić information content (AvgIpc) is 2.66. The van der Waals surface area contributed by atoms with Crippen LogP contribution in [-0.2, 0) is 0 Å². The van der Waals surface area contributed by atoms with Crippen LogP contribution < -0.4 is 10.6 Å². The zero-order chi connectivity index (χ0) is 19.4. The van der Waals surface area contributed by atoms with Crippen LogP contribution in [-0.4, -0.2) is 16.7 Å². The Hall–Kier alpha value is -3.18. The van der Waals surface area contributed by atoms with Crippen LogP contribution in [0.2, 0.25) is 5.02 Å². The molecule has 0 spiro atoms. The lowest BCUT2D eigenvalue weighted by atomic mass is 10.1. The number of pyridine rings is 1. The summed E-state index contributed by atoms with van der Waals surface area (Å²) in [6.45, 7) is 3.36. The van der Waals surface area contributed by atoms with Crippen molar-refractivity contribution in [1.29, 1.82) is 0 Å². The molecule has 0 unspecified atom stereocenters. The fourth-order valence-electron chi connectivity index (χ4n) is 2.54. The number of nitrogens with zero attached hydrogens (tertiary/aromatic N) is 1. The van der Waals surface area contributed by atoms with Crippen LogP contribution in [0.1, 0.15) is 33.3 Å². The molecule has 136 valence electrons. The summed E-state index contributed by atoms with van der Waals surface area (Å²) in [6, 6.07) is 15.9. The van der Waals surface area contributed by atoms with Crippen molar-refractivity contribution in [3.8, 4) is 0 Å². The third-order valence-electron chi connectivity index (χ3n) is 4.07. The highest BCUT2D eigenvalue weighted by Gasteiger charge is 2.11. The molecule has 2 N–H and O–H groups in total. The Morgan fingerprint density at radius 2 is 1.74 bits per heavy atom. The van der Waals surface area contributed by atoms with Crippen LogP contribution in [0.5, 0.6) is 0 Å². The molecule has 27 heavy (non-hydrogen) atoms. The van der Waals surface area contributed by atoms with Crippen LogP contribution in [0.25, 0.3) is 0 Å². The molecule has 5 nitrogen and oxygen atoms in total. The van der Waals surface area contributed by atoms with Crippen LogP contribution >= 0.6 is 11.6 Å². The lowest BCUT2D eigenvalue weighted by Crippen LogP contribution is -2.14. The van der Waals surface area contributed by atoms with Gasteiger partial charge in [-0.1, -0.05) is 29.8 Å². The van der Waals surface area contributed by atoms with Gasteiger partial charge in [-0.25, -0.2) is 0 Å². The Bertz CT molecular complexity index is 1020. The van der Waals surface area contributed by atoms with Crippen molar-refractivity contribution in [3.05, 3.63) is 82.6 Å². The summed E-state index contributed by atoms with van der Waals surface area (Å²) in [5, 5.41) is 6.59. The first-order valence-electron chi connectivity index (χ1n) is 8.34. The van der Waals surface area contributed by atoms with Crippen LogP contribution in [0.4, 0.5) is 17.1 Å². The molecule has 1 aromatic heterocycles. The molecule has 0 radical (unpaired) electrons. The van der Waals surface area contributed by atoms with E-state index >= 15 is 0 Å². The second-order valence-corrected chi connectivity index (χ2v) is 6.47. The number of carbonyl (C=O) groups excluding carboxylic acids is 2. The smallest absolute Gasteiger partial charge is 0.274 e. The van der Waals surface area contributed by atoms with Gasteiger partial charge in [-0.2, -0.15) is 0 Å². The maximum atomic E-state index is 12.5. The molecule has 1 amide bonds. The molecule has 0 aliphatic carbocycles. The van der Waals surface area contributed by atoms with Crippen molar-refractivity contribution in [3.63, 3.8) is 0 Å². The third kappa shape index (κ3) is 4.51. The number of nitrogens with one attached hydrogen (secondary N) is 2. The molecule has 0 aliphatic heterocycles. The number of hydrogen-bond acceptors (Lipinski definition) is 4. The predicted octanol–water partition coefficient (Wildman–Crippen LogP) is 5.24. The van der Waals surface area contributed by atoms with Crippen molar-refractivity contribution in [1.82, 2.24) is 4.98 Å². The van der Waals surface area contributed by atoms with Crippen molar-refractivity contribution >= 4 is 40.4 Å². The van der Waals surface area contributed by atoms with E-state index in [2.05, 4.69) is 15.6 Å². The molecule has 0 atom stereocenters. The lowest BCUT2D eigenvalue weighted by Gasteiger charge is -2.11. The Labute approximate surface area is 162 Å². The summed E-state index contributed by atoms with van der Waals surface area (Å²) in [5.74, 6) is -0.341. The number of benzene rings is 2. The molecule has 0 aliphatic rings. The Balaban J connectivity index is 1.79. The van der Waals surface area contributed by atoms with Crippen LogP contribution in [0, 0.1) is 6.92 Å². The number of carbonyl (C=O) groups is 2. The van der Waals surface area contributed by atoms with Gasteiger partial charge in [0.2, 0.25) is 0 Å². The summed E-state index contributed by atoms with van der Waals surface area (Å²) < 4.78 is 0. The second kappa shape index (κ2) is 8.01. The number of amides is 1. The Morgan fingerprint density at radius 3 is 2.52 bits per heavy atom. The first kappa shape index (κ1) is 18.6. The number of anilines is 3. The molecule has 0 saturated heterocycles. The van der Waals surface area contributed by atoms with Crippen LogP contribution in [0.15, 0.2) is 60.8 Å². The number of halogens is 1. The van der Waals surface area contributed by atoms with E-state index in [9.17, 15) is 9.59 Å². The molecule has 3 rings (SSSR count). The van der Waals surface area contributed by atoms with Gasteiger partial charge in [0.25, 0.3) is 5.91 Å². The van der Waals surface area contributed by atoms with Gasteiger partial charge in [-0.05, 0) is 55.8 Å². The van der Waals surface area contributed by atoms with E-state index in [1.165, 1.54) is 6.92 Å². The molecular formula is C21H18ClN3O2. The highest BCUT2D eigenvalue weighted by molar-refractivity contribution is 6.31. The van der Waals surface area contributed by atoms with Gasteiger partial charge in [0, 0.05) is 33.8 Å². The van der Waals surface area contributed by atoms with Crippen molar-refractivity contribution in [2.75, 3.05) is 10.6 Å². The predicted molar refractivity (Wildman–Crippen MR) is 108 cm³/mol. The molecule has 3 aromatic rings. The molecule has 0 saturated carbocycles. The molecule has 6 heteroatoms. The molecule has 0 fully saturated rings. The minimum atomic E-state index is -0.332. The average molecular weight is 380 g/mol. The highest BCUT2D eigenvalue weighted by atomic mass is 35.5. The summed E-state index contributed by atoms with van der Waals surface area (Å²) >= 11 is 6.09. The van der Waals surface area contributed by atoms with Gasteiger partial charge >= 0.3 is 0 Å². The van der Waals surface area contributed by atoms with Gasteiger partial charge in [-0.15, -0.1) is 0 Å². The zero-order valence-corrected chi connectivity index (χ0v) is 15.7. The third-order valence-corrected chi connectivity index (χ3v) is 4.48. The van der Waals surface area contributed by atoms with E-state index < -0.39 is 0 Å². The number of ketones is 1. The maximum absolute atomic E-state index is 12.5. The summed E-state index contributed by atoms with van der Waals surface area (Å²) in [4.78, 5) is 28.2. The van der Waals surface area contributed by atoms with E-state index in [4.69, 9.17) is 11.6 Å². The largest absolute Gasteiger partial charge is 0.355 e. The summed E-state index contributed by atoms with van der Waals surface area (Å²) in [6.07, 6.45) is 1.55. The standard InChI is InChI=1S/C21H18ClN3O2/c1-13-18(22)7-4-8-19(13)25-21(27)20-12-17(9-10-23-20)24-16-6-3-5-15(11-16)14(2)26/h3-12H,1-2H3,(H,23,24)(H,25,27). The zero-order valence-electron chi connectivity index (χ0n) is 14.9. The highest BCUT2D eigenvalue weighted by Crippen LogP contribution is 2.24. The fraction of sp³-hybridized carbons (Fsp3) is 0.0952. The first-order chi connectivity index (χ1) is 12.9. The topological polar surface area (TPSA) is 71.1 Å². The maximum Gasteiger partial charge on any atom is 0.274 e. The van der Waals surface area contributed by atoms with E-state index in [-0.39, 0.29) is 17.4 Å². The quantitative estimate of drug-likeness (QED) is 0.594. The van der Waals surface area contributed by atoms with E-state index in [0.29, 0.717) is 22.0 Å². The Kier molecular flexibility index (Phi) is 5.52. The van der Waals surface area contributed by atoms with Gasteiger partial charge in [0.05, 0.1) is 0 Å². The van der Waals surface area contributed by atoms with Crippen molar-refractivity contribution in [2.45, 2.75) is 13.8 Å².